The molecule has 0 amide bonds. The van der Waals surface area contributed by atoms with Crippen LogP contribution in [0.15, 0.2) is 6.20 Å². The third-order valence-electron chi connectivity index (χ3n) is 2.57. The van der Waals surface area contributed by atoms with Gasteiger partial charge in [-0.1, -0.05) is 0 Å². The van der Waals surface area contributed by atoms with Crippen molar-refractivity contribution in [1.82, 2.24) is 9.97 Å². The Morgan fingerprint density at radius 2 is 2.24 bits per heavy atom. The molecule has 5 heteroatoms. The van der Waals surface area contributed by atoms with Crippen LogP contribution in [0.5, 0.6) is 5.88 Å². The van der Waals surface area contributed by atoms with Gasteiger partial charge in [0.2, 0.25) is 11.8 Å². The van der Waals surface area contributed by atoms with E-state index in [4.69, 9.17) is 9.47 Å². The molecule has 0 aliphatic heterocycles. The lowest BCUT2D eigenvalue weighted by molar-refractivity contribution is 0.170. The molecular weight excluding hydrogens is 218 g/mol. The minimum absolute atomic E-state index is 0.555. The van der Waals surface area contributed by atoms with Crippen molar-refractivity contribution in [3.05, 3.63) is 11.8 Å². The van der Waals surface area contributed by atoms with Crippen LogP contribution in [-0.2, 0) is 4.74 Å². The van der Waals surface area contributed by atoms with E-state index in [-0.39, 0.29) is 0 Å². The minimum Gasteiger partial charge on any atom is -0.477 e. The summed E-state index contributed by atoms with van der Waals surface area (Å²) in [5, 5.41) is 3.26. The van der Waals surface area contributed by atoms with E-state index in [0.29, 0.717) is 31.1 Å². The van der Waals surface area contributed by atoms with Crippen molar-refractivity contribution in [2.24, 2.45) is 0 Å². The molecule has 1 fully saturated rings. The maximum atomic E-state index is 5.61. The molecule has 1 aromatic heterocycles. The summed E-state index contributed by atoms with van der Waals surface area (Å²) in [4.78, 5) is 8.60. The predicted octanol–water partition coefficient (Wildman–Crippen LogP) is 1.77. The Labute approximate surface area is 102 Å². The number of hydrogen-bond acceptors (Lipinski definition) is 5. The van der Waals surface area contributed by atoms with E-state index in [9.17, 15) is 0 Å². The molecule has 1 heterocycles. The first kappa shape index (κ1) is 12.1. The van der Waals surface area contributed by atoms with Gasteiger partial charge in [-0.2, -0.15) is 4.98 Å². The highest BCUT2D eigenvalue weighted by atomic mass is 16.5. The van der Waals surface area contributed by atoms with Crippen molar-refractivity contribution in [1.29, 1.82) is 0 Å². The number of methoxy groups -OCH3 is 1. The Bertz CT molecular complexity index is 367. The average molecular weight is 237 g/mol. The number of aryl methyl sites for hydroxylation is 1. The van der Waals surface area contributed by atoms with Gasteiger partial charge in [0, 0.05) is 37.9 Å². The standard InChI is InChI=1S/C12H19N3O2/c1-9-8-13-12(14-10-4-5-10)15-11(9)17-7-3-6-16-2/h8,10H,3-7H2,1-2H3,(H,13,14,15). The molecule has 2 rings (SSSR count). The fourth-order valence-corrected chi connectivity index (χ4v) is 1.42. The van der Waals surface area contributed by atoms with Crippen LogP contribution in [0.25, 0.3) is 0 Å². The van der Waals surface area contributed by atoms with Crippen LogP contribution in [0.3, 0.4) is 0 Å². The molecule has 1 aliphatic carbocycles. The maximum absolute atomic E-state index is 5.61. The van der Waals surface area contributed by atoms with E-state index in [1.54, 1.807) is 13.3 Å². The van der Waals surface area contributed by atoms with Gasteiger partial charge in [-0.25, -0.2) is 4.98 Å². The third kappa shape index (κ3) is 3.85. The molecule has 0 aromatic carbocycles. The summed E-state index contributed by atoms with van der Waals surface area (Å²) in [5.74, 6) is 1.33. The van der Waals surface area contributed by atoms with E-state index in [2.05, 4.69) is 15.3 Å². The molecule has 5 nitrogen and oxygen atoms in total. The van der Waals surface area contributed by atoms with Gasteiger partial charge in [0.05, 0.1) is 6.61 Å². The fourth-order valence-electron chi connectivity index (χ4n) is 1.42. The van der Waals surface area contributed by atoms with Crippen LogP contribution in [0, 0.1) is 6.92 Å². The van der Waals surface area contributed by atoms with E-state index >= 15 is 0 Å². The Hall–Kier alpha value is -1.36. The summed E-state index contributed by atoms with van der Waals surface area (Å²) in [6, 6.07) is 0.555. The molecule has 17 heavy (non-hydrogen) atoms. The van der Waals surface area contributed by atoms with Crippen LogP contribution in [0.2, 0.25) is 0 Å². The van der Waals surface area contributed by atoms with E-state index in [0.717, 1.165) is 12.0 Å². The van der Waals surface area contributed by atoms with Gasteiger partial charge in [0.1, 0.15) is 0 Å². The summed E-state index contributed by atoms with van der Waals surface area (Å²) in [5.41, 5.74) is 0.962. The quantitative estimate of drug-likeness (QED) is 0.732. The highest BCUT2D eigenvalue weighted by molar-refractivity contribution is 5.34. The summed E-state index contributed by atoms with van der Waals surface area (Å²) in [6.45, 7) is 3.28. The highest BCUT2D eigenvalue weighted by Gasteiger charge is 2.22. The molecule has 94 valence electrons. The molecule has 1 N–H and O–H groups in total. The monoisotopic (exact) mass is 237 g/mol. The average Bonchev–Trinajstić information content (AvgIpc) is 3.12. The molecule has 0 unspecified atom stereocenters. The van der Waals surface area contributed by atoms with E-state index < -0.39 is 0 Å². The first-order chi connectivity index (χ1) is 8.29. The SMILES string of the molecule is COCCCOc1nc(NC2CC2)ncc1C. The lowest BCUT2D eigenvalue weighted by Crippen LogP contribution is -2.09. The molecule has 1 aromatic rings. The lowest BCUT2D eigenvalue weighted by atomic mass is 10.4. The predicted molar refractivity (Wildman–Crippen MR) is 65.4 cm³/mol. The van der Waals surface area contributed by atoms with E-state index in [1.807, 2.05) is 6.92 Å². The van der Waals surface area contributed by atoms with Crippen molar-refractivity contribution in [2.75, 3.05) is 25.6 Å². The van der Waals surface area contributed by atoms with Gasteiger partial charge in [-0.05, 0) is 19.8 Å². The van der Waals surface area contributed by atoms with Crippen molar-refractivity contribution in [3.8, 4) is 5.88 Å². The topological polar surface area (TPSA) is 56.3 Å². The van der Waals surface area contributed by atoms with Crippen molar-refractivity contribution >= 4 is 5.95 Å². The second-order valence-electron chi connectivity index (χ2n) is 4.30. The lowest BCUT2D eigenvalue weighted by Gasteiger charge is -2.09. The highest BCUT2D eigenvalue weighted by Crippen LogP contribution is 2.24. The van der Waals surface area contributed by atoms with Gasteiger partial charge in [0.25, 0.3) is 0 Å². The van der Waals surface area contributed by atoms with Crippen molar-refractivity contribution in [2.45, 2.75) is 32.2 Å². The molecule has 0 spiro atoms. The molecular formula is C12H19N3O2. The smallest absolute Gasteiger partial charge is 0.226 e. The zero-order valence-corrected chi connectivity index (χ0v) is 10.4. The van der Waals surface area contributed by atoms with Crippen molar-refractivity contribution < 1.29 is 9.47 Å². The van der Waals surface area contributed by atoms with E-state index in [1.165, 1.54) is 12.8 Å². The molecule has 0 saturated heterocycles. The van der Waals surface area contributed by atoms with Gasteiger partial charge in [-0.3, -0.25) is 0 Å². The number of anilines is 1. The third-order valence-corrected chi connectivity index (χ3v) is 2.57. The minimum atomic E-state index is 0.555. The number of ether oxygens (including phenoxy) is 2. The maximum Gasteiger partial charge on any atom is 0.226 e. The molecule has 0 radical (unpaired) electrons. The summed E-state index contributed by atoms with van der Waals surface area (Å²) in [7, 11) is 1.69. The summed E-state index contributed by atoms with van der Waals surface area (Å²) >= 11 is 0. The van der Waals surface area contributed by atoms with Crippen LogP contribution in [0.4, 0.5) is 5.95 Å². The van der Waals surface area contributed by atoms with Gasteiger partial charge >= 0.3 is 0 Å². The number of nitrogens with one attached hydrogen (secondary N) is 1. The first-order valence-corrected chi connectivity index (χ1v) is 6.01. The normalized spacial score (nSPS) is 14.7. The number of rotatable bonds is 7. The number of aromatic nitrogens is 2. The fraction of sp³-hybridized carbons (Fsp3) is 0.667. The Morgan fingerprint density at radius 3 is 2.94 bits per heavy atom. The number of hydrogen-bond donors (Lipinski definition) is 1. The van der Waals surface area contributed by atoms with Crippen LogP contribution in [-0.4, -0.2) is 36.3 Å². The Balaban J connectivity index is 1.89. The Morgan fingerprint density at radius 1 is 1.41 bits per heavy atom. The van der Waals surface area contributed by atoms with Gasteiger partial charge in [0.15, 0.2) is 0 Å². The Kier molecular flexibility index (Phi) is 4.14. The first-order valence-electron chi connectivity index (χ1n) is 6.01. The zero-order valence-electron chi connectivity index (χ0n) is 10.4. The van der Waals surface area contributed by atoms with Crippen LogP contribution >= 0.6 is 0 Å². The van der Waals surface area contributed by atoms with Gasteiger partial charge in [-0.15, -0.1) is 0 Å². The summed E-state index contributed by atoms with van der Waals surface area (Å²) < 4.78 is 10.6. The zero-order chi connectivity index (χ0) is 12.1. The largest absolute Gasteiger partial charge is 0.477 e. The molecule has 0 atom stereocenters. The number of nitrogens with zero attached hydrogens (tertiary/aromatic N) is 2. The molecule has 0 bridgehead atoms. The van der Waals surface area contributed by atoms with Gasteiger partial charge < -0.3 is 14.8 Å². The van der Waals surface area contributed by atoms with Crippen molar-refractivity contribution in [3.63, 3.8) is 0 Å². The second kappa shape index (κ2) is 5.82. The molecule has 1 saturated carbocycles. The van der Waals surface area contributed by atoms with Crippen LogP contribution in [0.1, 0.15) is 24.8 Å². The van der Waals surface area contributed by atoms with Crippen LogP contribution < -0.4 is 10.1 Å². The second-order valence-corrected chi connectivity index (χ2v) is 4.30. The summed E-state index contributed by atoms with van der Waals surface area (Å²) in [6.07, 6.45) is 5.08. The molecule has 1 aliphatic rings.